The smallest absolute Gasteiger partial charge is 0.248 e. The highest BCUT2D eigenvalue weighted by molar-refractivity contribution is 7.80. The van der Waals surface area contributed by atoms with E-state index in [1.165, 1.54) is 0 Å². The molecular formula is C15H14ClN3O2S. The first-order valence-electron chi connectivity index (χ1n) is 6.31. The SMILES string of the molecule is COc1ccc(Cl)cc1NC(=S)Nc1ccc(C(N)=O)cc1. The Balaban J connectivity index is 2.07. The zero-order valence-corrected chi connectivity index (χ0v) is 13.3. The van der Waals surface area contributed by atoms with Gasteiger partial charge < -0.3 is 21.1 Å². The minimum Gasteiger partial charge on any atom is -0.495 e. The lowest BCUT2D eigenvalue weighted by atomic mass is 10.2. The zero-order chi connectivity index (χ0) is 16.1. The molecule has 0 aliphatic rings. The van der Waals surface area contributed by atoms with E-state index >= 15 is 0 Å². The summed E-state index contributed by atoms with van der Waals surface area (Å²) in [5.74, 6) is 0.147. The molecule has 5 nitrogen and oxygen atoms in total. The van der Waals surface area contributed by atoms with Gasteiger partial charge >= 0.3 is 0 Å². The van der Waals surface area contributed by atoms with Crippen LogP contribution < -0.4 is 21.1 Å². The summed E-state index contributed by atoms with van der Waals surface area (Å²) in [6, 6.07) is 11.8. The highest BCUT2D eigenvalue weighted by atomic mass is 35.5. The fraction of sp³-hybridized carbons (Fsp3) is 0.0667. The van der Waals surface area contributed by atoms with E-state index in [0.29, 0.717) is 27.1 Å². The molecule has 2 rings (SSSR count). The number of halogens is 1. The van der Waals surface area contributed by atoms with E-state index in [1.54, 1.807) is 49.6 Å². The number of carbonyl (C=O) groups excluding carboxylic acids is 1. The number of hydrogen-bond acceptors (Lipinski definition) is 3. The number of ether oxygens (including phenoxy) is 1. The first kappa shape index (κ1) is 16.1. The number of hydrogen-bond donors (Lipinski definition) is 3. The van der Waals surface area contributed by atoms with E-state index in [4.69, 9.17) is 34.3 Å². The Morgan fingerprint density at radius 3 is 2.45 bits per heavy atom. The number of amides is 1. The summed E-state index contributed by atoms with van der Waals surface area (Å²) in [6.07, 6.45) is 0. The number of benzene rings is 2. The van der Waals surface area contributed by atoms with Crippen LogP contribution >= 0.6 is 23.8 Å². The third-order valence-corrected chi connectivity index (χ3v) is 3.28. The van der Waals surface area contributed by atoms with Gasteiger partial charge in [-0.25, -0.2) is 0 Å². The van der Waals surface area contributed by atoms with E-state index in [9.17, 15) is 4.79 Å². The van der Waals surface area contributed by atoms with Crippen LogP contribution in [0.4, 0.5) is 11.4 Å². The Hall–Kier alpha value is -2.31. The van der Waals surface area contributed by atoms with Crippen molar-refractivity contribution in [3.63, 3.8) is 0 Å². The predicted octanol–water partition coefficient (Wildman–Crippen LogP) is 3.26. The fourth-order valence-corrected chi connectivity index (χ4v) is 2.18. The van der Waals surface area contributed by atoms with Gasteiger partial charge in [-0.1, -0.05) is 11.6 Å². The van der Waals surface area contributed by atoms with Gasteiger partial charge in [-0.15, -0.1) is 0 Å². The Morgan fingerprint density at radius 1 is 1.18 bits per heavy atom. The number of carbonyl (C=O) groups is 1. The third kappa shape index (κ3) is 4.09. The van der Waals surface area contributed by atoms with Crippen LogP contribution in [0.15, 0.2) is 42.5 Å². The van der Waals surface area contributed by atoms with Crippen LogP contribution in [-0.2, 0) is 0 Å². The van der Waals surface area contributed by atoms with Gasteiger partial charge in [0.15, 0.2) is 5.11 Å². The second kappa shape index (κ2) is 7.11. The normalized spacial score (nSPS) is 9.91. The van der Waals surface area contributed by atoms with E-state index in [0.717, 1.165) is 5.69 Å². The average Bonchev–Trinajstić information content (AvgIpc) is 2.48. The molecule has 0 bridgehead atoms. The maximum atomic E-state index is 11.0. The zero-order valence-electron chi connectivity index (χ0n) is 11.7. The lowest BCUT2D eigenvalue weighted by Gasteiger charge is -2.13. The second-order valence-electron chi connectivity index (χ2n) is 4.37. The third-order valence-electron chi connectivity index (χ3n) is 2.84. The van der Waals surface area contributed by atoms with Crippen LogP contribution in [0, 0.1) is 0 Å². The van der Waals surface area contributed by atoms with Crippen molar-refractivity contribution >= 4 is 46.2 Å². The van der Waals surface area contributed by atoms with E-state index in [-0.39, 0.29) is 0 Å². The molecule has 0 saturated carbocycles. The van der Waals surface area contributed by atoms with Gasteiger partial charge in [0.25, 0.3) is 0 Å². The molecule has 0 spiro atoms. The van der Waals surface area contributed by atoms with Crippen molar-refractivity contribution in [2.75, 3.05) is 17.7 Å². The average molecular weight is 336 g/mol. The van der Waals surface area contributed by atoms with Crippen molar-refractivity contribution < 1.29 is 9.53 Å². The molecule has 0 aliphatic heterocycles. The van der Waals surface area contributed by atoms with Gasteiger partial charge in [-0.2, -0.15) is 0 Å². The van der Waals surface area contributed by atoms with Gasteiger partial charge in [0.05, 0.1) is 12.8 Å². The van der Waals surface area contributed by atoms with E-state index in [2.05, 4.69) is 10.6 Å². The molecular weight excluding hydrogens is 322 g/mol. The molecule has 0 aromatic heterocycles. The summed E-state index contributed by atoms with van der Waals surface area (Å²) < 4.78 is 5.23. The molecule has 0 atom stereocenters. The summed E-state index contributed by atoms with van der Waals surface area (Å²) in [7, 11) is 1.56. The van der Waals surface area contributed by atoms with Crippen LogP contribution in [0.5, 0.6) is 5.75 Å². The minimum absolute atomic E-state index is 0.368. The van der Waals surface area contributed by atoms with Crippen LogP contribution in [-0.4, -0.2) is 18.1 Å². The molecule has 2 aromatic carbocycles. The Bertz CT molecular complexity index is 704. The molecule has 4 N–H and O–H groups in total. The molecule has 2 aromatic rings. The minimum atomic E-state index is -0.476. The molecule has 0 saturated heterocycles. The number of rotatable bonds is 4. The van der Waals surface area contributed by atoms with Crippen molar-refractivity contribution in [3.8, 4) is 5.75 Å². The van der Waals surface area contributed by atoms with Crippen LogP contribution in [0.1, 0.15) is 10.4 Å². The molecule has 0 aliphatic carbocycles. The van der Waals surface area contributed by atoms with Crippen LogP contribution in [0.2, 0.25) is 5.02 Å². The molecule has 0 fully saturated rings. The number of methoxy groups -OCH3 is 1. The van der Waals surface area contributed by atoms with Crippen LogP contribution in [0.25, 0.3) is 0 Å². The molecule has 0 heterocycles. The number of nitrogens with one attached hydrogen (secondary N) is 2. The standard InChI is InChI=1S/C15H14ClN3O2S/c1-21-13-7-4-10(16)8-12(13)19-15(22)18-11-5-2-9(3-6-11)14(17)20/h2-8H,1H3,(H2,17,20)(H2,18,19,22). The first-order chi connectivity index (χ1) is 10.5. The Kier molecular flexibility index (Phi) is 5.19. The lowest BCUT2D eigenvalue weighted by Crippen LogP contribution is -2.19. The highest BCUT2D eigenvalue weighted by Gasteiger charge is 2.06. The van der Waals surface area contributed by atoms with Crippen molar-refractivity contribution in [2.45, 2.75) is 0 Å². The molecule has 7 heteroatoms. The summed E-state index contributed by atoms with van der Waals surface area (Å²) in [6.45, 7) is 0. The van der Waals surface area contributed by atoms with Crippen molar-refractivity contribution in [1.82, 2.24) is 0 Å². The summed E-state index contributed by atoms with van der Waals surface area (Å²) >= 11 is 11.2. The summed E-state index contributed by atoms with van der Waals surface area (Å²) in [5.41, 5.74) is 7.00. The monoisotopic (exact) mass is 335 g/mol. The summed E-state index contributed by atoms with van der Waals surface area (Å²) in [4.78, 5) is 11.0. The number of nitrogens with two attached hydrogens (primary N) is 1. The van der Waals surface area contributed by atoms with Gasteiger partial charge in [-0.05, 0) is 54.7 Å². The molecule has 1 amide bonds. The molecule has 0 radical (unpaired) electrons. The molecule has 0 unspecified atom stereocenters. The van der Waals surface area contributed by atoms with Crippen molar-refractivity contribution in [2.24, 2.45) is 5.73 Å². The van der Waals surface area contributed by atoms with Gasteiger partial charge in [0.1, 0.15) is 5.75 Å². The van der Waals surface area contributed by atoms with Gasteiger partial charge in [0.2, 0.25) is 5.91 Å². The maximum absolute atomic E-state index is 11.0. The predicted molar refractivity (Wildman–Crippen MR) is 92.8 cm³/mol. The van der Waals surface area contributed by atoms with Crippen molar-refractivity contribution in [1.29, 1.82) is 0 Å². The second-order valence-corrected chi connectivity index (χ2v) is 5.21. The lowest BCUT2D eigenvalue weighted by molar-refractivity contribution is 0.100. The fourth-order valence-electron chi connectivity index (χ4n) is 1.78. The largest absolute Gasteiger partial charge is 0.495 e. The quantitative estimate of drug-likeness (QED) is 0.748. The maximum Gasteiger partial charge on any atom is 0.248 e. The Morgan fingerprint density at radius 2 is 1.86 bits per heavy atom. The summed E-state index contributed by atoms with van der Waals surface area (Å²) in [5, 5.41) is 6.94. The first-order valence-corrected chi connectivity index (χ1v) is 7.09. The van der Waals surface area contributed by atoms with Gasteiger partial charge in [-0.3, -0.25) is 4.79 Å². The topological polar surface area (TPSA) is 76.4 Å². The Labute approximate surface area is 138 Å². The van der Waals surface area contributed by atoms with Crippen LogP contribution in [0.3, 0.4) is 0 Å². The molecule has 114 valence electrons. The van der Waals surface area contributed by atoms with E-state index in [1.807, 2.05) is 0 Å². The number of primary amides is 1. The van der Waals surface area contributed by atoms with Crippen molar-refractivity contribution in [3.05, 3.63) is 53.1 Å². The number of thiocarbonyl (C=S) groups is 1. The van der Waals surface area contributed by atoms with E-state index < -0.39 is 5.91 Å². The molecule has 22 heavy (non-hydrogen) atoms. The highest BCUT2D eigenvalue weighted by Crippen LogP contribution is 2.27. The number of anilines is 2. The van der Waals surface area contributed by atoms with Gasteiger partial charge in [0, 0.05) is 16.3 Å².